The van der Waals surface area contributed by atoms with Gasteiger partial charge < -0.3 is 14.2 Å². The topological polar surface area (TPSA) is 27.7 Å². The second kappa shape index (κ2) is 9.90. The monoisotopic (exact) mass is 314 g/mol. The molecule has 2 aromatic rings. The summed E-state index contributed by atoms with van der Waals surface area (Å²) in [6.07, 6.45) is 3.55. The predicted octanol–water partition coefficient (Wildman–Crippen LogP) is 4.95. The van der Waals surface area contributed by atoms with E-state index in [4.69, 9.17) is 14.2 Å². The Balaban J connectivity index is 1.88. The summed E-state index contributed by atoms with van der Waals surface area (Å²) in [6.45, 7) is 4.16. The van der Waals surface area contributed by atoms with Gasteiger partial charge in [0.15, 0.2) is 0 Å². The van der Waals surface area contributed by atoms with Gasteiger partial charge >= 0.3 is 0 Å². The molecule has 2 rings (SSSR count). The molecule has 0 amide bonds. The van der Waals surface area contributed by atoms with E-state index in [0.29, 0.717) is 13.2 Å². The van der Waals surface area contributed by atoms with Crippen LogP contribution < -0.4 is 9.47 Å². The number of methoxy groups -OCH3 is 1. The Morgan fingerprint density at radius 2 is 1.17 bits per heavy atom. The summed E-state index contributed by atoms with van der Waals surface area (Å²) in [7, 11) is 1.67. The molecular weight excluding hydrogens is 288 g/mol. The zero-order chi connectivity index (χ0) is 16.3. The van der Waals surface area contributed by atoms with Crippen LogP contribution in [-0.2, 0) is 4.74 Å². The minimum absolute atomic E-state index is 0.569. The molecule has 0 aliphatic rings. The molecule has 0 bridgehead atoms. The van der Waals surface area contributed by atoms with Crippen molar-refractivity contribution in [2.24, 2.45) is 0 Å². The van der Waals surface area contributed by atoms with Crippen LogP contribution in [0, 0.1) is 0 Å². The second-order valence-electron chi connectivity index (χ2n) is 5.45. The van der Waals surface area contributed by atoms with E-state index in [2.05, 4.69) is 31.2 Å². The van der Waals surface area contributed by atoms with Gasteiger partial charge in [0, 0.05) is 7.11 Å². The van der Waals surface area contributed by atoms with E-state index in [0.717, 1.165) is 24.5 Å². The van der Waals surface area contributed by atoms with Gasteiger partial charge in [-0.3, -0.25) is 0 Å². The molecule has 124 valence electrons. The SMILES string of the molecule is CCCCCOc1ccc(-c2ccc(OCCOC)cc2)cc1. The predicted molar refractivity (Wildman–Crippen MR) is 94.3 cm³/mol. The number of unbranched alkanes of at least 4 members (excludes halogenated alkanes) is 2. The molecular formula is C20H26O3. The molecule has 0 radical (unpaired) electrons. The summed E-state index contributed by atoms with van der Waals surface area (Å²) in [4.78, 5) is 0. The molecule has 0 atom stereocenters. The highest BCUT2D eigenvalue weighted by Gasteiger charge is 2.00. The number of rotatable bonds is 10. The smallest absolute Gasteiger partial charge is 0.119 e. The van der Waals surface area contributed by atoms with Crippen molar-refractivity contribution in [1.82, 2.24) is 0 Å². The van der Waals surface area contributed by atoms with Crippen molar-refractivity contribution in [3.8, 4) is 22.6 Å². The molecule has 23 heavy (non-hydrogen) atoms. The van der Waals surface area contributed by atoms with E-state index in [1.54, 1.807) is 7.11 Å². The van der Waals surface area contributed by atoms with Crippen LogP contribution in [-0.4, -0.2) is 26.9 Å². The van der Waals surface area contributed by atoms with Gasteiger partial charge in [-0.2, -0.15) is 0 Å². The van der Waals surface area contributed by atoms with Crippen molar-refractivity contribution in [2.45, 2.75) is 26.2 Å². The van der Waals surface area contributed by atoms with Crippen molar-refractivity contribution < 1.29 is 14.2 Å². The van der Waals surface area contributed by atoms with Crippen LogP contribution in [0.5, 0.6) is 11.5 Å². The quantitative estimate of drug-likeness (QED) is 0.581. The third-order valence-corrected chi connectivity index (χ3v) is 3.61. The number of ether oxygens (including phenoxy) is 3. The third kappa shape index (κ3) is 5.95. The van der Waals surface area contributed by atoms with E-state index in [1.165, 1.54) is 24.0 Å². The maximum Gasteiger partial charge on any atom is 0.119 e. The average molecular weight is 314 g/mol. The van der Waals surface area contributed by atoms with Crippen molar-refractivity contribution in [3.63, 3.8) is 0 Å². The highest BCUT2D eigenvalue weighted by molar-refractivity contribution is 5.64. The molecule has 2 aromatic carbocycles. The van der Waals surface area contributed by atoms with Crippen LogP contribution in [0.1, 0.15) is 26.2 Å². The highest BCUT2D eigenvalue weighted by Crippen LogP contribution is 2.24. The number of hydrogen-bond acceptors (Lipinski definition) is 3. The molecule has 0 fully saturated rings. The van der Waals surface area contributed by atoms with Gasteiger partial charge in [-0.25, -0.2) is 0 Å². The zero-order valence-electron chi connectivity index (χ0n) is 14.1. The van der Waals surface area contributed by atoms with E-state index >= 15 is 0 Å². The van der Waals surface area contributed by atoms with Gasteiger partial charge in [0.1, 0.15) is 18.1 Å². The lowest BCUT2D eigenvalue weighted by atomic mass is 10.1. The van der Waals surface area contributed by atoms with Crippen molar-refractivity contribution >= 4 is 0 Å². The molecule has 3 nitrogen and oxygen atoms in total. The normalized spacial score (nSPS) is 10.5. The molecule has 3 heteroatoms. The Morgan fingerprint density at radius 1 is 0.652 bits per heavy atom. The minimum Gasteiger partial charge on any atom is -0.494 e. The number of hydrogen-bond donors (Lipinski definition) is 0. The first-order chi connectivity index (χ1) is 11.3. The van der Waals surface area contributed by atoms with Gasteiger partial charge in [0.25, 0.3) is 0 Å². The Kier molecular flexibility index (Phi) is 7.47. The minimum atomic E-state index is 0.569. The lowest BCUT2D eigenvalue weighted by molar-refractivity contribution is 0.146. The summed E-state index contributed by atoms with van der Waals surface area (Å²) in [6, 6.07) is 16.4. The van der Waals surface area contributed by atoms with E-state index in [9.17, 15) is 0 Å². The molecule has 0 saturated carbocycles. The van der Waals surface area contributed by atoms with Gasteiger partial charge in [0.2, 0.25) is 0 Å². The summed E-state index contributed by atoms with van der Waals surface area (Å²) in [5, 5.41) is 0. The molecule has 0 heterocycles. The summed E-state index contributed by atoms with van der Waals surface area (Å²) >= 11 is 0. The van der Waals surface area contributed by atoms with Crippen molar-refractivity contribution in [2.75, 3.05) is 26.9 Å². The van der Waals surface area contributed by atoms with Crippen LogP contribution in [0.3, 0.4) is 0 Å². The summed E-state index contributed by atoms with van der Waals surface area (Å²) in [5.41, 5.74) is 2.34. The molecule has 0 spiro atoms. The second-order valence-corrected chi connectivity index (χ2v) is 5.45. The molecule has 0 unspecified atom stereocenters. The van der Waals surface area contributed by atoms with Gasteiger partial charge in [0.05, 0.1) is 13.2 Å². The van der Waals surface area contributed by atoms with Gasteiger partial charge in [-0.1, -0.05) is 44.0 Å². The largest absolute Gasteiger partial charge is 0.494 e. The Labute approximate surface area is 139 Å². The third-order valence-electron chi connectivity index (χ3n) is 3.61. The first-order valence-corrected chi connectivity index (χ1v) is 8.28. The fraction of sp³-hybridized carbons (Fsp3) is 0.400. The van der Waals surface area contributed by atoms with Gasteiger partial charge in [-0.05, 0) is 41.8 Å². The Bertz CT molecular complexity index is 546. The molecule has 0 saturated heterocycles. The zero-order valence-corrected chi connectivity index (χ0v) is 14.1. The lowest BCUT2D eigenvalue weighted by Gasteiger charge is -2.08. The van der Waals surface area contributed by atoms with Gasteiger partial charge in [-0.15, -0.1) is 0 Å². The average Bonchev–Trinajstić information content (AvgIpc) is 2.60. The van der Waals surface area contributed by atoms with E-state index in [-0.39, 0.29) is 0 Å². The standard InChI is InChI=1S/C20H26O3/c1-3-4-5-14-22-19-10-6-17(7-11-19)18-8-12-20(13-9-18)23-16-15-21-2/h6-13H,3-5,14-16H2,1-2H3. The van der Waals surface area contributed by atoms with Crippen LogP contribution in [0.2, 0.25) is 0 Å². The molecule has 0 aliphatic heterocycles. The number of benzene rings is 2. The van der Waals surface area contributed by atoms with Crippen molar-refractivity contribution in [3.05, 3.63) is 48.5 Å². The first-order valence-electron chi connectivity index (χ1n) is 8.28. The van der Waals surface area contributed by atoms with Crippen LogP contribution in [0.15, 0.2) is 48.5 Å². The molecule has 0 N–H and O–H groups in total. The molecule has 0 aliphatic carbocycles. The first kappa shape index (κ1) is 17.4. The van der Waals surface area contributed by atoms with E-state index < -0.39 is 0 Å². The Morgan fingerprint density at radius 3 is 1.65 bits per heavy atom. The van der Waals surface area contributed by atoms with Crippen molar-refractivity contribution in [1.29, 1.82) is 0 Å². The lowest BCUT2D eigenvalue weighted by Crippen LogP contribution is -2.03. The maximum atomic E-state index is 5.74. The fourth-order valence-electron chi connectivity index (χ4n) is 2.27. The van der Waals surface area contributed by atoms with E-state index in [1.807, 2.05) is 24.3 Å². The Hall–Kier alpha value is -2.00. The van der Waals surface area contributed by atoms with Crippen LogP contribution in [0.25, 0.3) is 11.1 Å². The summed E-state index contributed by atoms with van der Waals surface area (Å²) in [5.74, 6) is 1.80. The fourth-order valence-corrected chi connectivity index (χ4v) is 2.27. The van der Waals surface area contributed by atoms with Crippen LogP contribution in [0.4, 0.5) is 0 Å². The molecule has 0 aromatic heterocycles. The van der Waals surface area contributed by atoms with Crippen LogP contribution >= 0.6 is 0 Å². The maximum absolute atomic E-state index is 5.74. The highest BCUT2D eigenvalue weighted by atomic mass is 16.5. The summed E-state index contributed by atoms with van der Waals surface area (Å²) < 4.78 is 16.3.